The Hall–Kier alpha value is -3.41. The van der Waals surface area contributed by atoms with Crippen LogP contribution in [0.5, 0.6) is 5.75 Å². The number of nitrogens with one attached hydrogen (secondary N) is 2. The Balaban J connectivity index is 1.91. The Kier molecular flexibility index (Phi) is 4.84. The first-order valence-corrected chi connectivity index (χ1v) is 8.10. The summed E-state index contributed by atoms with van der Waals surface area (Å²) in [6.45, 7) is 3.91. The van der Waals surface area contributed by atoms with Gasteiger partial charge in [0.2, 0.25) is 0 Å². The maximum Gasteiger partial charge on any atom is 0.346 e. The molecule has 2 aromatic carbocycles. The van der Waals surface area contributed by atoms with Crippen molar-refractivity contribution in [2.24, 2.45) is 0 Å². The SMILES string of the molecule is COc1ccc(-c2cc(C(=O)Nc3cc(C)cc(C)c3)[nH]c(=O)n2)cc1. The topological polar surface area (TPSA) is 84.1 Å². The van der Waals surface area contributed by atoms with Crippen LogP contribution in [0.3, 0.4) is 0 Å². The molecule has 3 rings (SSSR count). The van der Waals surface area contributed by atoms with E-state index in [2.05, 4.69) is 15.3 Å². The number of H-pyrrole nitrogens is 1. The van der Waals surface area contributed by atoms with Gasteiger partial charge in [-0.3, -0.25) is 4.79 Å². The third-order valence-corrected chi connectivity index (χ3v) is 3.85. The Labute approximate surface area is 150 Å². The quantitative estimate of drug-likeness (QED) is 0.757. The van der Waals surface area contributed by atoms with Crippen LogP contribution in [0.2, 0.25) is 0 Å². The first-order chi connectivity index (χ1) is 12.4. The molecule has 0 unspecified atom stereocenters. The molecule has 2 N–H and O–H groups in total. The van der Waals surface area contributed by atoms with E-state index in [-0.39, 0.29) is 5.69 Å². The zero-order valence-electron chi connectivity index (χ0n) is 14.8. The lowest BCUT2D eigenvalue weighted by Gasteiger charge is -2.09. The van der Waals surface area contributed by atoms with Crippen LogP contribution >= 0.6 is 0 Å². The summed E-state index contributed by atoms with van der Waals surface area (Å²) in [6.07, 6.45) is 0. The molecule has 6 heteroatoms. The monoisotopic (exact) mass is 349 g/mol. The number of aromatic nitrogens is 2. The van der Waals surface area contributed by atoms with Crippen molar-refractivity contribution in [3.63, 3.8) is 0 Å². The van der Waals surface area contributed by atoms with Crippen molar-refractivity contribution in [3.8, 4) is 17.0 Å². The molecule has 132 valence electrons. The highest BCUT2D eigenvalue weighted by Gasteiger charge is 2.11. The molecule has 3 aromatic rings. The molecule has 0 spiro atoms. The van der Waals surface area contributed by atoms with Crippen molar-refractivity contribution in [2.45, 2.75) is 13.8 Å². The lowest BCUT2D eigenvalue weighted by Crippen LogP contribution is -2.21. The standard InChI is InChI=1S/C20H19N3O3/c1-12-8-13(2)10-15(9-12)21-19(24)18-11-17(22-20(25)23-18)14-4-6-16(26-3)7-5-14/h4-11H,1-3H3,(H,21,24)(H,22,23,25). The first-order valence-electron chi connectivity index (χ1n) is 8.10. The second kappa shape index (κ2) is 7.23. The molecular formula is C20H19N3O3. The number of carbonyl (C=O) groups is 1. The molecule has 0 bridgehead atoms. The summed E-state index contributed by atoms with van der Waals surface area (Å²) in [6, 6.07) is 14.4. The van der Waals surface area contributed by atoms with Crippen LogP contribution in [0, 0.1) is 13.8 Å². The molecule has 1 heterocycles. The highest BCUT2D eigenvalue weighted by Crippen LogP contribution is 2.20. The van der Waals surface area contributed by atoms with Crippen LogP contribution in [-0.2, 0) is 0 Å². The van der Waals surface area contributed by atoms with Gasteiger partial charge in [0, 0.05) is 11.3 Å². The van der Waals surface area contributed by atoms with Gasteiger partial charge in [-0.25, -0.2) is 4.79 Å². The van der Waals surface area contributed by atoms with Gasteiger partial charge in [0.05, 0.1) is 12.8 Å². The van der Waals surface area contributed by atoms with Crippen LogP contribution in [-0.4, -0.2) is 23.0 Å². The zero-order chi connectivity index (χ0) is 18.7. The van der Waals surface area contributed by atoms with E-state index in [4.69, 9.17) is 4.74 Å². The number of benzene rings is 2. The smallest absolute Gasteiger partial charge is 0.346 e. The molecule has 0 aliphatic heterocycles. The number of aryl methyl sites for hydroxylation is 2. The zero-order valence-corrected chi connectivity index (χ0v) is 14.8. The number of methoxy groups -OCH3 is 1. The molecule has 0 fully saturated rings. The predicted molar refractivity (Wildman–Crippen MR) is 101 cm³/mol. The van der Waals surface area contributed by atoms with Crippen molar-refractivity contribution < 1.29 is 9.53 Å². The number of carbonyl (C=O) groups excluding carboxylic acids is 1. The van der Waals surface area contributed by atoms with Crippen LogP contribution < -0.4 is 15.7 Å². The van der Waals surface area contributed by atoms with Gasteiger partial charge < -0.3 is 15.0 Å². The van der Waals surface area contributed by atoms with Gasteiger partial charge in [-0.15, -0.1) is 0 Å². The minimum Gasteiger partial charge on any atom is -0.497 e. The third kappa shape index (κ3) is 3.97. The van der Waals surface area contributed by atoms with E-state index in [1.807, 2.05) is 32.0 Å². The third-order valence-electron chi connectivity index (χ3n) is 3.85. The largest absolute Gasteiger partial charge is 0.497 e. The maximum atomic E-state index is 12.5. The van der Waals surface area contributed by atoms with Gasteiger partial charge in [-0.05, 0) is 67.4 Å². The number of nitrogens with zero attached hydrogens (tertiary/aromatic N) is 1. The van der Waals surface area contributed by atoms with Gasteiger partial charge >= 0.3 is 5.69 Å². The Morgan fingerprint density at radius 1 is 1.04 bits per heavy atom. The molecule has 0 aliphatic rings. The van der Waals surface area contributed by atoms with Crippen molar-refractivity contribution >= 4 is 11.6 Å². The van der Waals surface area contributed by atoms with Gasteiger partial charge in [0.1, 0.15) is 11.4 Å². The predicted octanol–water partition coefficient (Wildman–Crippen LogP) is 3.31. The minimum absolute atomic E-state index is 0.148. The van der Waals surface area contributed by atoms with Crippen molar-refractivity contribution in [3.05, 3.63) is 75.8 Å². The Morgan fingerprint density at radius 3 is 2.31 bits per heavy atom. The van der Waals surface area contributed by atoms with Crippen LogP contribution in [0.4, 0.5) is 5.69 Å². The second-order valence-corrected chi connectivity index (χ2v) is 6.04. The van der Waals surface area contributed by atoms with E-state index in [1.54, 1.807) is 37.4 Å². The summed E-state index contributed by atoms with van der Waals surface area (Å²) in [5.74, 6) is 0.302. The molecule has 0 saturated heterocycles. The molecule has 1 aromatic heterocycles. The Morgan fingerprint density at radius 2 is 1.69 bits per heavy atom. The highest BCUT2D eigenvalue weighted by atomic mass is 16.5. The van der Waals surface area contributed by atoms with Crippen molar-refractivity contribution in [1.82, 2.24) is 9.97 Å². The fourth-order valence-electron chi connectivity index (χ4n) is 2.73. The molecule has 6 nitrogen and oxygen atoms in total. The van der Waals surface area contributed by atoms with Crippen LogP contribution in [0.25, 0.3) is 11.3 Å². The molecular weight excluding hydrogens is 330 g/mol. The minimum atomic E-state index is -0.580. The van der Waals surface area contributed by atoms with Crippen molar-refractivity contribution in [1.29, 1.82) is 0 Å². The van der Waals surface area contributed by atoms with E-state index < -0.39 is 11.6 Å². The fraction of sp³-hybridized carbons (Fsp3) is 0.150. The molecule has 0 radical (unpaired) electrons. The Bertz CT molecular complexity index is 987. The summed E-state index contributed by atoms with van der Waals surface area (Å²) in [5.41, 5.74) is 3.47. The van der Waals surface area contributed by atoms with Crippen molar-refractivity contribution in [2.75, 3.05) is 12.4 Å². The van der Waals surface area contributed by atoms with Gasteiger partial charge in [-0.1, -0.05) is 6.07 Å². The molecule has 1 amide bonds. The summed E-state index contributed by atoms with van der Waals surface area (Å²) in [4.78, 5) is 30.9. The van der Waals surface area contributed by atoms with E-state index in [9.17, 15) is 9.59 Å². The van der Waals surface area contributed by atoms with Gasteiger partial charge in [-0.2, -0.15) is 4.98 Å². The number of amides is 1. The van der Waals surface area contributed by atoms with E-state index >= 15 is 0 Å². The maximum absolute atomic E-state index is 12.5. The molecule has 0 aliphatic carbocycles. The van der Waals surface area contributed by atoms with E-state index in [0.717, 1.165) is 16.7 Å². The van der Waals surface area contributed by atoms with E-state index in [0.29, 0.717) is 17.1 Å². The number of aromatic amines is 1. The van der Waals surface area contributed by atoms with Gasteiger partial charge in [0.15, 0.2) is 0 Å². The lowest BCUT2D eigenvalue weighted by atomic mass is 10.1. The number of ether oxygens (including phenoxy) is 1. The van der Waals surface area contributed by atoms with E-state index in [1.165, 1.54) is 0 Å². The van der Waals surface area contributed by atoms with Crippen LogP contribution in [0.15, 0.2) is 53.3 Å². The number of hydrogen-bond donors (Lipinski definition) is 2. The number of anilines is 1. The molecule has 0 atom stereocenters. The first kappa shape index (κ1) is 17.4. The average Bonchev–Trinajstić information content (AvgIpc) is 2.60. The summed E-state index contributed by atoms with van der Waals surface area (Å²) < 4.78 is 5.12. The lowest BCUT2D eigenvalue weighted by molar-refractivity contribution is 0.102. The molecule has 26 heavy (non-hydrogen) atoms. The second-order valence-electron chi connectivity index (χ2n) is 6.04. The number of rotatable bonds is 4. The number of hydrogen-bond acceptors (Lipinski definition) is 4. The average molecular weight is 349 g/mol. The normalized spacial score (nSPS) is 10.4. The summed E-state index contributed by atoms with van der Waals surface area (Å²) >= 11 is 0. The van der Waals surface area contributed by atoms with Crippen LogP contribution in [0.1, 0.15) is 21.6 Å². The molecule has 0 saturated carbocycles. The summed E-state index contributed by atoms with van der Waals surface area (Å²) in [5, 5.41) is 2.81. The van der Waals surface area contributed by atoms with Gasteiger partial charge in [0.25, 0.3) is 5.91 Å². The fourth-order valence-corrected chi connectivity index (χ4v) is 2.73. The summed E-state index contributed by atoms with van der Waals surface area (Å²) in [7, 11) is 1.58. The highest BCUT2D eigenvalue weighted by molar-refractivity contribution is 6.03.